The summed E-state index contributed by atoms with van der Waals surface area (Å²) in [6, 6.07) is 2.02. The Morgan fingerprint density at radius 3 is 2.47 bits per heavy atom. The molecule has 0 aromatic carbocycles. The van der Waals surface area contributed by atoms with Crippen LogP contribution in [0, 0.1) is 13.8 Å². The molecule has 0 bridgehead atoms. The van der Waals surface area contributed by atoms with Crippen molar-refractivity contribution in [3.63, 3.8) is 0 Å². The molecule has 0 aliphatic carbocycles. The third-order valence-electron chi connectivity index (χ3n) is 3.04. The summed E-state index contributed by atoms with van der Waals surface area (Å²) in [5.41, 5.74) is 4.66. The van der Waals surface area contributed by atoms with Gasteiger partial charge >= 0.3 is 0 Å². The average molecular weight is 233 g/mol. The Bertz CT molecular complexity index is 509. The van der Waals surface area contributed by atoms with Crippen molar-refractivity contribution in [2.24, 2.45) is 14.1 Å². The second-order valence-electron chi connectivity index (χ2n) is 4.36. The largest absolute Gasteiger partial charge is 0.307 e. The molecule has 0 aliphatic rings. The summed E-state index contributed by atoms with van der Waals surface area (Å²) in [6.07, 6.45) is 1.96. The van der Waals surface area contributed by atoms with Crippen molar-refractivity contribution in [1.29, 1.82) is 0 Å². The fourth-order valence-electron chi connectivity index (χ4n) is 1.95. The van der Waals surface area contributed by atoms with Gasteiger partial charge in [-0.15, -0.1) is 0 Å². The van der Waals surface area contributed by atoms with Crippen molar-refractivity contribution in [3.05, 3.63) is 34.9 Å². The molecule has 2 aromatic rings. The van der Waals surface area contributed by atoms with E-state index in [1.54, 1.807) is 0 Å². The minimum atomic E-state index is 0.786. The third-order valence-corrected chi connectivity index (χ3v) is 3.04. The Morgan fingerprint density at radius 2 is 1.94 bits per heavy atom. The zero-order chi connectivity index (χ0) is 12.4. The van der Waals surface area contributed by atoms with Gasteiger partial charge in [0.25, 0.3) is 0 Å². The summed E-state index contributed by atoms with van der Waals surface area (Å²) in [5.74, 6) is 0. The predicted octanol–water partition coefficient (Wildman–Crippen LogP) is 1.06. The van der Waals surface area contributed by atoms with E-state index in [0.717, 1.165) is 24.5 Å². The fraction of sp³-hybridized carbons (Fsp3) is 0.500. The molecule has 2 rings (SSSR count). The lowest BCUT2D eigenvalue weighted by Gasteiger charge is -2.03. The summed E-state index contributed by atoms with van der Waals surface area (Å²) in [5, 5.41) is 12.1. The van der Waals surface area contributed by atoms with Crippen LogP contribution < -0.4 is 5.32 Å². The van der Waals surface area contributed by atoms with Gasteiger partial charge in [-0.2, -0.15) is 10.2 Å². The van der Waals surface area contributed by atoms with Crippen molar-refractivity contribution < 1.29 is 0 Å². The van der Waals surface area contributed by atoms with E-state index in [0.29, 0.717) is 0 Å². The van der Waals surface area contributed by atoms with Crippen LogP contribution in [0.4, 0.5) is 0 Å². The molecular formula is C12H19N5. The maximum absolute atomic E-state index is 4.40. The number of aromatic nitrogens is 4. The molecule has 2 heterocycles. The van der Waals surface area contributed by atoms with Gasteiger partial charge in [-0.3, -0.25) is 9.36 Å². The van der Waals surface area contributed by atoms with Crippen LogP contribution in [-0.2, 0) is 27.2 Å². The summed E-state index contributed by atoms with van der Waals surface area (Å²) in [6.45, 7) is 5.76. The van der Waals surface area contributed by atoms with E-state index < -0.39 is 0 Å². The zero-order valence-electron chi connectivity index (χ0n) is 10.9. The standard InChI is InChI=1S/C12H19N5/c1-9-12(10(2)17(4)14-9)8-13-7-11-5-6-16(3)15-11/h5-6,13H,7-8H2,1-4H3. The van der Waals surface area contributed by atoms with E-state index in [4.69, 9.17) is 0 Å². The number of nitrogens with zero attached hydrogens (tertiary/aromatic N) is 4. The average Bonchev–Trinajstić information content (AvgIpc) is 2.78. The van der Waals surface area contributed by atoms with Crippen LogP contribution in [0.15, 0.2) is 12.3 Å². The monoisotopic (exact) mass is 233 g/mol. The molecule has 5 nitrogen and oxygen atoms in total. The quantitative estimate of drug-likeness (QED) is 0.859. The highest BCUT2D eigenvalue weighted by molar-refractivity contribution is 5.24. The molecule has 0 atom stereocenters. The van der Waals surface area contributed by atoms with Gasteiger partial charge in [-0.1, -0.05) is 0 Å². The first kappa shape index (κ1) is 11.9. The van der Waals surface area contributed by atoms with Crippen molar-refractivity contribution in [3.8, 4) is 0 Å². The third kappa shape index (κ3) is 2.55. The van der Waals surface area contributed by atoms with Crippen LogP contribution in [0.2, 0.25) is 0 Å². The molecule has 0 saturated heterocycles. The van der Waals surface area contributed by atoms with Crippen molar-refractivity contribution in [2.75, 3.05) is 0 Å². The first-order valence-electron chi connectivity index (χ1n) is 5.76. The van der Waals surface area contributed by atoms with Crippen LogP contribution in [0.3, 0.4) is 0 Å². The molecule has 0 radical (unpaired) electrons. The van der Waals surface area contributed by atoms with Crippen LogP contribution in [0.5, 0.6) is 0 Å². The number of hydrogen-bond donors (Lipinski definition) is 1. The van der Waals surface area contributed by atoms with E-state index in [2.05, 4.69) is 22.4 Å². The van der Waals surface area contributed by atoms with Gasteiger partial charge in [0.05, 0.1) is 11.4 Å². The number of nitrogens with one attached hydrogen (secondary N) is 1. The maximum Gasteiger partial charge on any atom is 0.0762 e. The summed E-state index contributed by atoms with van der Waals surface area (Å²) < 4.78 is 3.74. The lowest BCUT2D eigenvalue weighted by atomic mass is 10.2. The molecule has 5 heteroatoms. The van der Waals surface area contributed by atoms with Gasteiger partial charge in [0.2, 0.25) is 0 Å². The summed E-state index contributed by atoms with van der Waals surface area (Å²) in [4.78, 5) is 0. The lowest BCUT2D eigenvalue weighted by Crippen LogP contribution is -2.14. The Morgan fingerprint density at radius 1 is 1.18 bits per heavy atom. The van der Waals surface area contributed by atoms with E-state index in [1.807, 2.05) is 42.6 Å². The molecule has 92 valence electrons. The van der Waals surface area contributed by atoms with Gasteiger partial charge in [0, 0.05) is 44.6 Å². The second kappa shape index (κ2) is 4.71. The molecule has 17 heavy (non-hydrogen) atoms. The number of aryl methyl sites for hydroxylation is 3. The van der Waals surface area contributed by atoms with Crippen LogP contribution in [0.25, 0.3) is 0 Å². The minimum Gasteiger partial charge on any atom is -0.307 e. The molecule has 0 aliphatic heterocycles. The van der Waals surface area contributed by atoms with E-state index in [9.17, 15) is 0 Å². The first-order chi connectivity index (χ1) is 8.08. The molecule has 0 spiro atoms. The maximum atomic E-state index is 4.40. The van der Waals surface area contributed by atoms with E-state index in [-0.39, 0.29) is 0 Å². The summed E-state index contributed by atoms with van der Waals surface area (Å²) in [7, 11) is 3.91. The molecule has 2 aromatic heterocycles. The Kier molecular flexibility index (Phi) is 3.28. The van der Waals surface area contributed by atoms with Crippen LogP contribution in [0.1, 0.15) is 22.6 Å². The van der Waals surface area contributed by atoms with E-state index in [1.165, 1.54) is 11.3 Å². The van der Waals surface area contributed by atoms with Gasteiger partial charge in [-0.25, -0.2) is 0 Å². The highest BCUT2D eigenvalue weighted by Gasteiger charge is 2.08. The predicted molar refractivity (Wildman–Crippen MR) is 66.4 cm³/mol. The molecule has 0 amide bonds. The normalized spacial score (nSPS) is 11.1. The number of rotatable bonds is 4. The zero-order valence-corrected chi connectivity index (χ0v) is 10.9. The Labute approximate surface area is 101 Å². The molecule has 1 N–H and O–H groups in total. The molecule has 0 unspecified atom stereocenters. The number of hydrogen-bond acceptors (Lipinski definition) is 3. The fourth-order valence-corrected chi connectivity index (χ4v) is 1.95. The van der Waals surface area contributed by atoms with Crippen molar-refractivity contribution in [2.45, 2.75) is 26.9 Å². The second-order valence-corrected chi connectivity index (χ2v) is 4.36. The molecule has 0 saturated carbocycles. The van der Waals surface area contributed by atoms with Crippen molar-refractivity contribution >= 4 is 0 Å². The van der Waals surface area contributed by atoms with Gasteiger partial charge in [0.15, 0.2) is 0 Å². The highest BCUT2D eigenvalue weighted by Crippen LogP contribution is 2.11. The lowest BCUT2D eigenvalue weighted by molar-refractivity contribution is 0.651. The van der Waals surface area contributed by atoms with Crippen LogP contribution in [-0.4, -0.2) is 19.6 Å². The molecule has 0 fully saturated rings. The van der Waals surface area contributed by atoms with E-state index >= 15 is 0 Å². The Hall–Kier alpha value is -1.62. The molecular weight excluding hydrogens is 214 g/mol. The Balaban J connectivity index is 1.94. The van der Waals surface area contributed by atoms with Gasteiger partial charge in [0.1, 0.15) is 0 Å². The SMILES string of the molecule is Cc1nn(C)c(C)c1CNCc1ccn(C)n1. The van der Waals surface area contributed by atoms with Gasteiger partial charge in [-0.05, 0) is 19.9 Å². The first-order valence-corrected chi connectivity index (χ1v) is 5.76. The summed E-state index contributed by atoms with van der Waals surface area (Å²) >= 11 is 0. The van der Waals surface area contributed by atoms with Gasteiger partial charge < -0.3 is 5.32 Å². The smallest absolute Gasteiger partial charge is 0.0762 e. The minimum absolute atomic E-state index is 0.786. The van der Waals surface area contributed by atoms with Crippen LogP contribution >= 0.6 is 0 Å². The van der Waals surface area contributed by atoms with Crippen molar-refractivity contribution in [1.82, 2.24) is 24.9 Å². The topological polar surface area (TPSA) is 47.7 Å². The highest BCUT2D eigenvalue weighted by atomic mass is 15.3.